The minimum atomic E-state index is -0.290. The number of nitrogens with zero attached hydrogens (tertiary/aromatic N) is 2. The molecule has 5 nitrogen and oxygen atoms in total. The Labute approximate surface area is 101 Å². The summed E-state index contributed by atoms with van der Waals surface area (Å²) in [7, 11) is 0. The molecule has 1 heterocycles. The summed E-state index contributed by atoms with van der Waals surface area (Å²) < 4.78 is 6.85. The van der Waals surface area contributed by atoms with Crippen molar-refractivity contribution >= 4 is 5.97 Å². The molecule has 0 aliphatic heterocycles. The number of aromatic nitrogens is 2. The second-order valence-corrected chi connectivity index (χ2v) is 4.49. The van der Waals surface area contributed by atoms with E-state index in [1.165, 1.54) is 0 Å². The summed E-state index contributed by atoms with van der Waals surface area (Å²) in [6.07, 6.45) is 6.02. The van der Waals surface area contributed by atoms with Crippen molar-refractivity contribution in [3.8, 4) is 0 Å². The van der Waals surface area contributed by atoms with E-state index < -0.39 is 0 Å². The number of nitrogens with one attached hydrogen (secondary N) is 1. The summed E-state index contributed by atoms with van der Waals surface area (Å²) in [6, 6.07) is 0.183. The SMILES string of the molecule is CCOC(=O)C(Cn1cc(C)cn1)NC1CC1. The largest absolute Gasteiger partial charge is 0.465 e. The van der Waals surface area contributed by atoms with E-state index in [0.717, 1.165) is 18.4 Å². The molecular weight excluding hydrogens is 218 g/mol. The van der Waals surface area contributed by atoms with Crippen LogP contribution in [-0.2, 0) is 16.1 Å². The highest BCUT2D eigenvalue weighted by molar-refractivity contribution is 5.75. The van der Waals surface area contributed by atoms with E-state index >= 15 is 0 Å². The van der Waals surface area contributed by atoms with Crippen LogP contribution < -0.4 is 5.32 Å². The topological polar surface area (TPSA) is 56.2 Å². The van der Waals surface area contributed by atoms with Crippen LogP contribution in [0.5, 0.6) is 0 Å². The molecule has 0 amide bonds. The van der Waals surface area contributed by atoms with Crippen LogP contribution in [0.25, 0.3) is 0 Å². The molecule has 0 spiro atoms. The lowest BCUT2D eigenvalue weighted by Gasteiger charge is -2.16. The second-order valence-electron chi connectivity index (χ2n) is 4.49. The minimum absolute atomic E-state index is 0.187. The van der Waals surface area contributed by atoms with E-state index in [0.29, 0.717) is 19.2 Å². The zero-order valence-corrected chi connectivity index (χ0v) is 10.3. The van der Waals surface area contributed by atoms with Gasteiger partial charge in [-0.25, -0.2) is 0 Å². The van der Waals surface area contributed by atoms with Crippen LogP contribution in [0.3, 0.4) is 0 Å². The maximum Gasteiger partial charge on any atom is 0.325 e. The van der Waals surface area contributed by atoms with Gasteiger partial charge in [0.15, 0.2) is 0 Å². The van der Waals surface area contributed by atoms with E-state index in [9.17, 15) is 4.79 Å². The van der Waals surface area contributed by atoms with Crippen molar-refractivity contribution in [1.82, 2.24) is 15.1 Å². The molecule has 1 atom stereocenters. The number of carbonyl (C=O) groups excluding carboxylic acids is 1. The van der Waals surface area contributed by atoms with Gasteiger partial charge in [-0.05, 0) is 32.3 Å². The Hall–Kier alpha value is -1.36. The molecule has 0 aromatic carbocycles. The first kappa shape index (κ1) is 12.1. The number of carbonyl (C=O) groups is 1. The van der Waals surface area contributed by atoms with Gasteiger partial charge in [0.1, 0.15) is 6.04 Å². The fourth-order valence-corrected chi connectivity index (χ4v) is 1.73. The smallest absolute Gasteiger partial charge is 0.325 e. The maximum atomic E-state index is 11.8. The van der Waals surface area contributed by atoms with Crippen LogP contribution >= 0.6 is 0 Å². The molecule has 1 aliphatic carbocycles. The molecule has 1 aromatic heterocycles. The standard InChI is InChI=1S/C12H19N3O2/c1-3-17-12(16)11(14-10-4-5-10)8-15-7-9(2)6-13-15/h6-7,10-11,14H,3-5,8H2,1-2H3. The minimum Gasteiger partial charge on any atom is -0.465 e. The normalized spacial score (nSPS) is 16.8. The van der Waals surface area contributed by atoms with Crippen LogP contribution in [0, 0.1) is 6.92 Å². The van der Waals surface area contributed by atoms with E-state index in [-0.39, 0.29) is 12.0 Å². The third-order valence-corrected chi connectivity index (χ3v) is 2.72. The Bertz CT molecular complexity index is 385. The molecule has 17 heavy (non-hydrogen) atoms. The van der Waals surface area contributed by atoms with Gasteiger partial charge in [-0.15, -0.1) is 0 Å². The lowest BCUT2D eigenvalue weighted by molar-refractivity contribution is -0.146. The molecule has 0 saturated heterocycles. The third kappa shape index (κ3) is 3.56. The molecule has 2 rings (SSSR count). The Morgan fingerprint density at radius 2 is 2.47 bits per heavy atom. The van der Waals surface area contributed by atoms with Crippen LogP contribution in [0.1, 0.15) is 25.3 Å². The van der Waals surface area contributed by atoms with Crippen LogP contribution in [0.4, 0.5) is 0 Å². The van der Waals surface area contributed by atoms with E-state index in [2.05, 4.69) is 10.4 Å². The Morgan fingerprint density at radius 3 is 3.00 bits per heavy atom. The van der Waals surface area contributed by atoms with Gasteiger partial charge < -0.3 is 10.1 Å². The summed E-state index contributed by atoms with van der Waals surface area (Å²) in [4.78, 5) is 11.8. The van der Waals surface area contributed by atoms with Crippen molar-refractivity contribution < 1.29 is 9.53 Å². The molecule has 1 aromatic rings. The fraction of sp³-hybridized carbons (Fsp3) is 0.667. The van der Waals surface area contributed by atoms with Gasteiger partial charge in [-0.2, -0.15) is 5.10 Å². The summed E-state index contributed by atoms with van der Waals surface area (Å²) >= 11 is 0. The Morgan fingerprint density at radius 1 is 1.71 bits per heavy atom. The van der Waals surface area contributed by atoms with Crippen LogP contribution in [0.15, 0.2) is 12.4 Å². The average Bonchev–Trinajstić information content (AvgIpc) is 3.01. The molecule has 1 N–H and O–H groups in total. The van der Waals surface area contributed by atoms with Crippen LogP contribution in [0.2, 0.25) is 0 Å². The van der Waals surface area contributed by atoms with E-state index in [1.54, 1.807) is 10.9 Å². The van der Waals surface area contributed by atoms with Crippen molar-refractivity contribution in [3.63, 3.8) is 0 Å². The molecule has 0 radical (unpaired) electrons. The first-order valence-corrected chi connectivity index (χ1v) is 6.10. The highest BCUT2D eigenvalue weighted by Crippen LogP contribution is 2.20. The molecule has 1 saturated carbocycles. The maximum absolute atomic E-state index is 11.8. The van der Waals surface area contributed by atoms with Gasteiger partial charge >= 0.3 is 5.97 Å². The summed E-state index contributed by atoms with van der Waals surface area (Å²) in [5, 5.41) is 7.49. The highest BCUT2D eigenvalue weighted by Gasteiger charge is 2.29. The molecule has 1 aliphatic rings. The van der Waals surface area contributed by atoms with Crippen molar-refractivity contribution in [2.24, 2.45) is 0 Å². The third-order valence-electron chi connectivity index (χ3n) is 2.72. The number of esters is 1. The van der Waals surface area contributed by atoms with Crippen molar-refractivity contribution in [2.45, 2.75) is 45.3 Å². The quantitative estimate of drug-likeness (QED) is 0.746. The molecular formula is C12H19N3O2. The summed E-state index contributed by atoms with van der Waals surface area (Å²) in [6.45, 7) is 4.75. The van der Waals surface area contributed by atoms with Crippen LogP contribution in [-0.4, -0.2) is 34.4 Å². The number of hydrogen-bond acceptors (Lipinski definition) is 4. The monoisotopic (exact) mass is 237 g/mol. The summed E-state index contributed by atoms with van der Waals surface area (Å²) in [5.41, 5.74) is 1.10. The first-order chi connectivity index (χ1) is 8.19. The fourth-order valence-electron chi connectivity index (χ4n) is 1.73. The summed E-state index contributed by atoms with van der Waals surface area (Å²) in [5.74, 6) is -0.187. The lowest BCUT2D eigenvalue weighted by Crippen LogP contribution is -2.42. The zero-order chi connectivity index (χ0) is 12.3. The van der Waals surface area contributed by atoms with Crippen molar-refractivity contribution in [2.75, 3.05) is 6.61 Å². The molecule has 1 fully saturated rings. The van der Waals surface area contributed by atoms with Gasteiger partial charge in [0.05, 0.1) is 19.3 Å². The number of hydrogen-bond donors (Lipinski definition) is 1. The molecule has 1 unspecified atom stereocenters. The van der Waals surface area contributed by atoms with Crippen molar-refractivity contribution in [1.29, 1.82) is 0 Å². The van der Waals surface area contributed by atoms with E-state index in [1.807, 2.05) is 20.0 Å². The number of rotatable bonds is 6. The van der Waals surface area contributed by atoms with Gasteiger partial charge in [0.25, 0.3) is 0 Å². The average molecular weight is 237 g/mol. The first-order valence-electron chi connectivity index (χ1n) is 6.10. The lowest BCUT2D eigenvalue weighted by atomic mass is 10.3. The van der Waals surface area contributed by atoms with Gasteiger partial charge in [-0.1, -0.05) is 0 Å². The number of aryl methyl sites for hydroxylation is 1. The highest BCUT2D eigenvalue weighted by atomic mass is 16.5. The van der Waals surface area contributed by atoms with Crippen molar-refractivity contribution in [3.05, 3.63) is 18.0 Å². The Balaban J connectivity index is 1.96. The number of ether oxygens (including phenoxy) is 1. The predicted octanol–water partition coefficient (Wildman–Crippen LogP) is 0.875. The second kappa shape index (κ2) is 5.31. The molecule has 0 bridgehead atoms. The molecule has 5 heteroatoms. The predicted molar refractivity (Wildman–Crippen MR) is 63.5 cm³/mol. The van der Waals surface area contributed by atoms with E-state index in [4.69, 9.17) is 4.74 Å². The zero-order valence-electron chi connectivity index (χ0n) is 10.3. The van der Waals surface area contributed by atoms with Gasteiger partial charge in [0.2, 0.25) is 0 Å². The van der Waals surface area contributed by atoms with Gasteiger partial charge in [-0.3, -0.25) is 9.48 Å². The molecule has 94 valence electrons. The van der Waals surface area contributed by atoms with Gasteiger partial charge in [0, 0.05) is 12.2 Å². The Kier molecular flexibility index (Phi) is 3.78.